The maximum absolute atomic E-state index is 3.74. The Kier molecular flexibility index (Phi) is 8.99. The SMILES string of the molecule is CCC(C)c1ccc(CNc2ccc(C(=C3C=CC(=[N+](CC)CC)C=C3)c3ccc(C)cc3)c3ccccc23)cc1. The predicted octanol–water partition coefficient (Wildman–Crippen LogP) is 9.70. The topological polar surface area (TPSA) is 15.0 Å². The standard InChI is InChI=1S/C39H42N2/c1-6-29(5)31-19-15-30(16-20-31)27-40-38-26-25-37(35-11-9-10-12-36(35)38)39(32-17-13-28(4)14-18-32)33-21-23-34(24-22-33)41(7-2)8-3/h9-26,29H,6-8,27H2,1-5H3/p+1. The van der Waals surface area contributed by atoms with Gasteiger partial charge in [0, 0.05) is 29.8 Å². The molecular weight excluding hydrogens is 496 g/mol. The maximum Gasteiger partial charge on any atom is 0.199 e. The van der Waals surface area contributed by atoms with E-state index < -0.39 is 0 Å². The van der Waals surface area contributed by atoms with Crippen LogP contribution in [0.1, 0.15) is 67.9 Å². The van der Waals surface area contributed by atoms with Crippen molar-refractivity contribution in [3.63, 3.8) is 0 Å². The van der Waals surface area contributed by atoms with Gasteiger partial charge in [-0.05, 0) is 90.1 Å². The van der Waals surface area contributed by atoms with Crippen LogP contribution in [-0.4, -0.2) is 23.4 Å². The minimum Gasteiger partial charge on any atom is -0.380 e. The summed E-state index contributed by atoms with van der Waals surface area (Å²) in [5.74, 6) is 0.598. The van der Waals surface area contributed by atoms with E-state index in [4.69, 9.17) is 0 Å². The molecule has 41 heavy (non-hydrogen) atoms. The van der Waals surface area contributed by atoms with E-state index in [1.165, 1.54) is 55.4 Å². The Morgan fingerprint density at radius 3 is 2.02 bits per heavy atom. The number of anilines is 1. The summed E-state index contributed by atoms with van der Waals surface area (Å²) in [5, 5.41) is 6.24. The van der Waals surface area contributed by atoms with Crippen molar-refractivity contribution in [2.45, 2.75) is 53.5 Å². The van der Waals surface area contributed by atoms with Crippen LogP contribution in [0.15, 0.2) is 115 Å². The summed E-state index contributed by atoms with van der Waals surface area (Å²) in [6, 6.07) is 31.4. The smallest absolute Gasteiger partial charge is 0.199 e. The molecule has 1 aliphatic carbocycles. The zero-order valence-electron chi connectivity index (χ0n) is 25.2. The summed E-state index contributed by atoms with van der Waals surface area (Å²) in [5.41, 5.74) is 11.4. The second kappa shape index (κ2) is 13.0. The molecular formula is C39H43N2+. The van der Waals surface area contributed by atoms with Crippen LogP contribution in [0.4, 0.5) is 5.69 Å². The van der Waals surface area contributed by atoms with Crippen LogP contribution >= 0.6 is 0 Å². The molecule has 1 aliphatic rings. The molecule has 1 unspecified atom stereocenters. The van der Waals surface area contributed by atoms with Gasteiger partial charge in [0.1, 0.15) is 13.1 Å². The fourth-order valence-electron chi connectivity index (χ4n) is 5.69. The number of benzene rings is 4. The first-order valence-corrected chi connectivity index (χ1v) is 15.2. The summed E-state index contributed by atoms with van der Waals surface area (Å²) >= 11 is 0. The zero-order chi connectivity index (χ0) is 28.8. The molecule has 0 bridgehead atoms. The van der Waals surface area contributed by atoms with E-state index in [9.17, 15) is 0 Å². The summed E-state index contributed by atoms with van der Waals surface area (Å²) in [6.07, 6.45) is 10.3. The monoisotopic (exact) mass is 539 g/mol. The van der Waals surface area contributed by atoms with Gasteiger partial charge in [0.25, 0.3) is 0 Å². The highest BCUT2D eigenvalue weighted by molar-refractivity contribution is 6.07. The minimum absolute atomic E-state index is 0.598. The van der Waals surface area contributed by atoms with Crippen LogP contribution < -0.4 is 5.32 Å². The lowest BCUT2D eigenvalue weighted by molar-refractivity contribution is -0.519. The van der Waals surface area contributed by atoms with Gasteiger partial charge in [-0.25, -0.2) is 4.58 Å². The second-order valence-electron chi connectivity index (χ2n) is 11.1. The first-order chi connectivity index (χ1) is 20.0. The van der Waals surface area contributed by atoms with E-state index in [-0.39, 0.29) is 0 Å². The van der Waals surface area contributed by atoms with Gasteiger partial charge in [0.05, 0.1) is 0 Å². The van der Waals surface area contributed by atoms with Crippen LogP contribution in [0.2, 0.25) is 0 Å². The number of allylic oxidation sites excluding steroid dienone is 5. The molecule has 1 atom stereocenters. The number of nitrogens with one attached hydrogen (secondary N) is 1. The van der Waals surface area contributed by atoms with Crippen molar-refractivity contribution in [1.82, 2.24) is 0 Å². The van der Waals surface area contributed by atoms with E-state index in [2.05, 4.69) is 154 Å². The van der Waals surface area contributed by atoms with Crippen LogP contribution in [0, 0.1) is 6.92 Å². The lowest BCUT2D eigenvalue weighted by Gasteiger charge is -2.18. The Bertz CT molecular complexity index is 1610. The molecule has 208 valence electrons. The summed E-state index contributed by atoms with van der Waals surface area (Å²) in [6.45, 7) is 13.9. The largest absolute Gasteiger partial charge is 0.380 e. The molecule has 0 radical (unpaired) electrons. The normalized spacial score (nSPS) is 13.5. The van der Waals surface area contributed by atoms with Crippen molar-refractivity contribution >= 4 is 27.7 Å². The lowest BCUT2D eigenvalue weighted by Crippen LogP contribution is -2.19. The van der Waals surface area contributed by atoms with Crippen molar-refractivity contribution in [1.29, 1.82) is 0 Å². The molecule has 0 saturated heterocycles. The third-order valence-corrected chi connectivity index (χ3v) is 8.46. The van der Waals surface area contributed by atoms with E-state index in [1.54, 1.807) is 0 Å². The molecule has 2 nitrogen and oxygen atoms in total. The molecule has 0 spiro atoms. The number of hydrogen-bond donors (Lipinski definition) is 1. The van der Waals surface area contributed by atoms with Crippen molar-refractivity contribution < 1.29 is 4.58 Å². The van der Waals surface area contributed by atoms with Crippen molar-refractivity contribution in [2.24, 2.45) is 0 Å². The second-order valence-corrected chi connectivity index (χ2v) is 11.1. The average molecular weight is 540 g/mol. The van der Waals surface area contributed by atoms with E-state index >= 15 is 0 Å². The predicted molar refractivity (Wildman–Crippen MR) is 178 cm³/mol. The van der Waals surface area contributed by atoms with Gasteiger partial charge in [-0.1, -0.05) is 98.3 Å². The van der Waals surface area contributed by atoms with Gasteiger partial charge in [-0.2, -0.15) is 0 Å². The van der Waals surface area contributed by atoms with Gasteiger partial charge >= 0.3 is 0 Å². The molecule has 0 heterocycles. The van der Waals surface area contributed by atoms with Gasteiger partial charge in [0.2, 0.25) is 0 Å². The van der Waals surface area contributed by atoms with Crippen LogP contribution in [0.5, 0.6) is 0 Å². The Hall–Kier alpha value is -4.17. The maximum atomic E-state index is 3.74. The molecule has 2 heteroatoms. The molecule has 1 N–H and O–H groups in total. The quantitative estimate of drug-likeness (QED) is 0.209. The Labute approximate surface area is 246 Å². The lowest BCUT2D eigenvalue weighted by atomic mass is 9.87. The molecule has 4 aromatic carbocycles. The van der Waals surface area contributed by atoms with E-state index in [0.29, 0.717) is 5.92 Å². The first-order valence-electron chi connectivity index (χ1n) is 15.2. The van der Waals surface area contributed by atoms with Crippen LogP contribution in [0.3, 0.4) is 0 Å². The number of nitrogens with zero attached hydrogens (tertiary/aromatic N) is 1. The first kappa shape index (κ1) is 28.4. The fraction of sp³-hybridized carbons (Fsp3) is 0.256. The van der Waals surface area contributed by atoms with Gasteiger partial charge in [-0.3, -0.25) is 0 Å². The summed E-state index contributed by atoms with van der Waals surface area (Å²) < 4.78 is 2.39. The van der Waals surface area contributed by atoms with Crippen molar-refractivity contribution in [2.75, 3.05) is 18.4 Å². The van der Waals surface area contributed by atoms with Gasteiger partial charge in [0.15, 0.2) is 5.71 Å². The van der Waals surface area contributed by atoms with Crippen molar-refractivity contribution in [3.05, 3.63) is 143 Å². The summed E-state index contributed by atoms with van der Waals surface area (Å²) in [4.78, 5) is 0. The third kappa shape index (κ3) is 6.28. The Morgan fingerprint density at radius 2 is 1.39 bits per heavy atom. The van der Waals surface area contributed by atoms with E-state index in [0.717, 1.165) is 31.7 Å². The number of aryl methyl sites for hydroxylation is 1. The highest BCUT2D eigenvalue weighted by Gasteiger charge is 2.17. The number of fused-ring (bicyclic) bond motifs is 1. The molecule has 4 aromatic rings. The molecule has 5 rings (SSSR count). The Morgan fingerprint density at radius 1 is 0.732 bits per heavy atom. The molecule has 0 fully saturated rings. The average Bonchev–Trinajstić information content (AvgIpc) is 3.02. The van der Waals surface area contributed by atoms with E-state index in [1.807, 2.05) is 0 Å². The van der Waals surface area contributed by atoms with Gasteiger partial charge < -0.3 is 5.32 Å². The van der Waals surface area contributed by atoms with Crippen LogP contribution in [0.25, 0.3) is 16.3 Å². The van der Waals surface area contributed by atoms with Crippen LogP contribution in [-0.2, 0) is 6.54 Å². The highest BCUT2D eigenvalue weighted by Crippen LogP contribution is 2.37. The summed E-state index contributed by atoms with van der Waals surface area (Å²) in [7, 11) is 0. The zero-order valence-corrected chi connectivity index (χ0v) is 25.2. The Balaban J connectivity index is 1.55. The number of rotatable bonds is 9. The fourth-order valence-corrected chi connectivity index (χ4v) is 5.69. The molecule has 0 saturated carbocycles. The molecule has 0 aliphatic heterocycles. The highest BCUT2D eigenvalue weighted by atomic mass is 15.0. The van der Waals surface area contributed by atoms with Crippen molar-refractivity contribution in [3.8, 4) is 0 Å². The minimum atomic E-state index is 0.598. The third-order valence-electron chi connectivity index (χ3n) is 8.46. The van der Waals surface area contributed by atoms with Gasteiger partial charge in [-0.15, -0.1) is 0 Å². The number of hydrogen-bond acceptors (Lipinski definition) is 1. The molecule has 0 aromatic heterocycles. The molecule has 0 amide bonds.